The molecule has 48 heavy (non-hydrogen) atoms. The zero-order valence-electron chi connectivity index (χ0n) is 30.6. The van der Waals surface area contributed by atoms with Crippen molar-refractivity contribution in [2.45, 2.75) is 137 Å². The average Bonchev–Trinajstić information content (AvgIpc) is 3.79. The molecule has 3 aromatic rings. The highest BCUT2D eigenvalue weighted by molar-refractivity contribution is 5.38. The molecule has 0 radical (unpaired) electrons. The molecule has 3 aromatic carbocycles. The lowest BCUT2D eigenvalue weighted by molar-refractivity contribution is 0.358. The molecule has 3 heteroatoms. The van der Waals surface area contributed by atoms with Gasteiger partial charge in [-0.3, -0.25) is 0 Å². The maximum atomic E-state index is 15.9. The monoisotopic (exact) mass is 656 g/mol. The minimum atomic E-state index is -0.0675. The quantitative estimate of drug-likeness (QED) is 0.204. The smallest absolute Gasteiger partial charge is 0.127 e. The predicted octanol–water partition coefficient (Wildman–Crippen LogP) is 13.1. The first-order valence-corrected chi connectivity index (χ1v) is 19.2. The molecule has 3 saturated carbocycles. The fourth-order valence-electron chi connectivity index (χ4n) is 10.6. The van der Waals surface area contributed by atoms with Crippen molar-refractivity contribution in [3.05, 3.63) is 104 Å². The summed E-state index contributed by atoms with van der Waals surface area (Å²) in [6.07, 6.45) is 11.5. The van der Waals surface area contributed by atoms with E-state index in [1.807, 2.05) is 25.1 Å². The van der Waals surface area contributed by atoms with E-state index >= 15 is 8.78 Å². The Bertz CT molecular complexity index is 1520. The number of hydrogen-bond donors (Lipinski definition) is 0. The van der Waals surface area contributed by atoms with Crippen LogP contribution in [0.25, 0.3) is 0 Å². The minimum absolute atomic E-state index is 0.00375. The molecule has 0 nitrogen and oxygen atoms in total. The lowest BCUT2D eigenvalue weighted by atomic mass is 9.82. The molecule has 6 rings (SSSR count). The van der Waals surface area contributed by atoms with Crippen LogP contribution in [0.1, 0.15) is 148 Å². The second-order valence-electron chi connectivity index (χ2n) is 17.0. The fraction of sp³-hybridized carbons (Fsp3) is 0.600. The van der Waals surface area contributed by atoms with Gasteiger partial charge in [0, 0.05) is 0 Å². The van der Waals surface area contributed by atoms with Gasteiger partial charge in [0.05, 0.1) is 0 Å². The number of rotatable bonds is 10. The Labute approximate surface area is 289 Å². The molecule has 0 N–H and O–H groups in total. The highest BCUT2D eigenvalue weighted by Crippen LogP contribution is 2.47. The molecule has 0 aliphatic heterocycles. The van der Waals surface area contributed by atoms with Crippen LogP contribution in [-0.4, -0.2) is 0 Å². The molecule has 3 fully saturated rings. The Balaban J connectivity index is 1.05. The zero-order valence-corrected chi connectivity index (χ0v) is 30.6. The van der Waals surface area contributed by atoms with Crippen LogP contribution in [0.4, 0.5) is 13.2 Å². The van der Waals surface area contributed by atoms with Crippen molar-refractivity contribution >= 4 is 0 Å². The predicted molar refractivity (Wildman–Crippen MR) is 194 cm³/mol. The molecular formula is C45H59F3. The third-order valence-electron chi connectivity index (χ3n) is 13.4. The minimum Gasteiger partial charge on any atom is -0.207 e. The summed E-state index contributed by atoms with van der Waals surface area (Å²) in [6.45, 7) is 15.4. The molecule has 0 aromatic heterocycles. The molecular weight excluding hydrogens is 597 g/mol. The lowest BCUT2D eigenvalue weighted by Crippen LogP contribution is -2.14. The normalized spacial score (nSPS) is 27.2. The van der Waals surface area contributed by atoms with Gasteiger partial charge in [-0.2, -0.15) is 0 Å². The van der Waals surface area contributed by atoms with Crippen molar-refractivity contribution in [2.75, 3.05) is 0 Å². The zero-order chi connectivity index (χ0) is 34.3. The van der Waals surface area contributed by atoms with Gasteiger partial charge >= 0.3 is 0 Å². The van der Waals surface area contributed by atoms with Crippen molar-refractivity contribution in [2.24, 2.45) is 35.5 Å². The molecule has 0 amide bonds. The SMILES string of the molecule is Cc1cc(CC(C)[C@@H]2CC[C@@H](c3c(C)cccc3F)C2)cc(F)c1[C@@H]1CCC(C(C)Cc2cc(C)c([C@H]3CC[C@@H](C(C)C)C3)c(F)c2)C1. The summed E-state index contributed by atoms with van der Waals surface area (Å²) >= 11 is 0. The summed E-state index contributed by atoms with van der Waals surface area (Å²) < 4.78 is 46.1. The lowest BCUT2D eigenvalue weighted by Gasteiger charge is -2.23. The van der Waals surface area contributed by atoms with Gasteiger partial charge in [0.1, 0.15) is 17.5 Å². The van der Waals surface area contributed by atoms with Gasteiger partial charge in [-0.05, 0) is 207 Å². The van der Waals surface area contributed by atoms with E-state index in [2.05, 4.69) is 53.7 Å². The number of benzene rings is 3. The number of aryl methyl sites for hydroxylation is 3. The summed E-state index contributed by atoms with van der Waals surface area (Å²) in [5, 5.41) is 0. The van der Waals surface area contributed by atoms with Gasteiger partial charge in [-0.15, -0.1) is 0 Å². The van der Waals surface area contributed by atoms with Crippen LogP contribution in [0, 0.1) is 73.7 Å². The van der Waals surface area contributed by atoms with Crippen molar-refractivity contribution in [1.82, 2.24) is 0 Å². The maximum Gasteiger partial charge on any atom is 0.127 e. The highest BCUT2D eigenvalue weighted by Gasteiger charge is 2.35. The van der Waals surface area contributed by atoms with E-state index in [-0.39, 0.29) is 29.3 Å². The standard InChI is InChI=1S/C45H59F3/c1-26(2)34-11-14-37(23-34)44-30(6)19-32(21-41(44)47)18-29(5)36-13-16-39(25-36)45-31(7)20-33(22-42(45)48)17-28(4)35-12-15-38(24-35)43-27(3)9-8-10-40(43)46/h8-10,19-22,26,28-29,34-39H,11-18,23-25H2,1-7H3/t28?,29?,34-,35-,36?,37+,38-,39-/m1/s1. The topological polar surface area (TPSA) is 0 Å². The molecule has 0 saturated heterocycles. The van der Waals surface area contributed by atoms with Crippen LogP contribution < -0.4 is 0 Å². The van der Waals surface area contributed by atoms with E-state index in [4.69, 9.17) is 0 Å². The first-order valence-electron chi connectivity index (χ1n) is 19.2. The first-order chi connectivity index (χ1) is 22.9. The maximum absolute atomic E-state index is 15.9. The van der Waals surface area contributed by atoms with Crippen LogP contribution in [0.3, 0.4) is 0 Å². The molecule has 3 aliphatic rings. The number of halogens is 3. The number of hydrogen-bond acceptors (Lipinski definition) is 0. The van der Waals surface area contributed by atoms with E-state index in [1.165, 1.54) is 6.42 Å². The van der Waals surface area contributed by atoms with Gasteiger partial charge in [0.25, 0.3) is 0 Å². The molecule has 0 bridgehead atoms. The average molecular weight is 657 g/mol. The van der Waals surface area contributed by atoms with Gasteiger partial charge in [-0.25, -0.2) is 13.2 Å². The fourth-order valence-corrected chi connectivity index (χ4v) is 10.6. The van der Waals surface area contributed by atoms with E-state index in [0.717, 1.165) is 109 Å². The van der Waals surface area contributed by atoms with Crippen molar-refractivity contribution in [1.29, 1.82) is 0 Å². The van der Waals surface area contributed by atoms with Crippen molar-refractivity contribution in [3.63, 3.8) is 0 Å². The Kier molecular flexibility index (Phi) is 10.8. The Morgan fingerprint density at radius 2 is 0.938 bits per heavy atom. The summed E-state index contributed by atoms with van der Waals surface area (Å²) in [6, 6.07) is 13.5. The Morgan fingerprint density at radius 1 is 0.521 bits per heavy atom. The van der Waals surface area contributed by atoms with E-state index in [0.29, 0.717) is 41.4 Å². The molecule has 0 spiro atoms. The summed E-state index contributed by atoms with van der Waals surface area (Å²) in [5.74, 6) is 4.08. The molecule has 260 valence electrons. The van der Waals surface area contributed by atoms with Crippen LogP contribution in [0.5, 0.6) is 0 Å². The van der Waals surface area contributed by atoms with E-state index in [1.54, 1.807) is 12.1 Å². The molecule has 0 heterocycles. The van der Waals surface area contributed by atoms with Crippen LogP contribution >= 0.6 is 0 Å². The Morgan fingerprint density at radius 3 is 1.33 bits per heavy atom. The molecule has 8 atom stereocenters. The summed E-state index contributed by atoms with van der Waals surface area (Å²) in [5.41, 5.74) is 8.25. The summed E-state index contributed by atoms with van der Waals surface area (Å²) in [4.78, 5) is 0. The van der Waals surface area contributed by atoms with Gasteiger partial charge in [0.15, 0.2) is 0 Å². The second kappa shape index (κ2) is 14.7. The van der Waals surface area contributed by atoms with Crippen LogP contribution in [0.2, 0.25) is 0 Å². The van der Waals surface area contributed by atoms with E-state index < -0.39 is 0 Å². The van der Waals surface area contributed by atoms with E-state index in [9.17, 15) is 4.39 Å². The van der Waals surface area contributed by atoms with Crippen molar-refractivity contribution in [3.8, 4) is 0 Å². The third kappa shape index (κ3) is 7.46. The van der Waals surface area contributed by atoms with Crippen LogP contribution in [0.15, 0.2) is 42.5 Å². The van der Waals surface area contributed by atoms with Gasteiger partial charge in [0.2, 0.25) is 0 Å². The highest BCUT2D eigenvalue weighted by atomic mass is 19.1. The third-order valence-corrected chi connectivity index (χ3v) is 13.4. The van der Waals surface area contributed by atoms with Crippen molar-refractivity contribution < 1.29 is 13.2 Å². The molecule has 3 unspecified atom stereocenters. The summed E-state index contributed by atoms with van der Waals surface area (Å²) in [7, 11) is 0. The first kappa shape index (κ1) is 35.3. The van der Waals surface area contributed by atoms with Gasteiger partial charge in [-0.1, -0.05) is 52.0 Å². The van der Waals surface area contributed by atoms with Crippen LogP contribution in [-0.2, 0) is 12.8 Å². The molecule has 3 aliphatic carbocycles. The largest absolute Gasteiger partial charge is 0.207 e. The van der Waals surface area contributed by atoms with Gasteiger partial charge < -0.3 is 0 Å². The second-order valence-corrected chi connectivity index (χ2v) is 17.0. The Hall–Kier alpha value is -2.55.